The molecule has 4 rings (SSSR count). The summed E-state index contributed by atoms with van der Waals surface area (Å²) in [5.41, 5.74) is 2.47. The van der Waals surface area contributed by atoms with E-state index in [-0.39, 0.29) is 5.91 Å². The number of anilines is 1. The Morgan fingerprint density at radius 2 is 1.92 bits per heavy atom. The van der Waals surface area contributed by atoms with E-state index >= 15 is 0 Å². The van der Waals surface area contributed by atoms with Crippen molar-refractivity contribution in [2.45, 2.75) is 0 Å². The van der Waals surface area contributed by atoms with Gasteiger partial charge >= 0.3 is 0 Å². The van der Waals surface area contributed by atoms with Crippen molar-refractivity contribution in [1.82, 2.24) is 24.4 Å². The Morgan fingerprint density at radius 3 is 2.80 bits per heavy atom. The Kier molecular flexibility index (Phi) is 3.80. The molecule has 0 fully saturated rings. The van der Waals surface area contributed by atoms with Gasteiger partial charge in [0.05, 0.1) is 18.1 Å². The summed E-state index contributed by atoms with van der Waals surface area (Å²) in [5.74, 6) is 0.306. The lowest BCUT2D eigenvalue weighted by Gasteiger charge is -2.03. The first kappa shape index (κ1) is 14.8. The smallest absolute Gasteiger partial charge is 0.249 e. The molecule has 1 amide bonds. The second-order valence-corrected chi connectivity index (χ2v) is 5.31. The van der Waals surface area contributed by atoms with Crippen molar-refractivity contribution in [3.63, 3.8) is 0 Å². The highest BCUT2D eigenvalue weighted by Crippen LogP contribution is 2.10. The summed E-state index contributed by atoms with van der Waals surface area (Å²) >= 11 is 0. The molecular formula is C18H14N6O. The Balaban J connectivity index is 1.48. The number of hydrogen-bond donors (Lipinski definition) is 1. The molecule has 4 aromatic rings. The maximum absolute atomic E-state index is 12.1. The number of hydrogen-bond acceptors (Lipinski definition) is 4. The number of carbonyl (C=O) groups excluding carboxylic acids is 1. The molecule has 0 saturated heterocycles. The van der Waals surface area contributed by atoms with Crippen LogP contribution in [-0.2, 0) is 4.79 Å². The first-order valence-corrected chi connectivity index (χ1v) is 7.67. The lowest BCUT2D eigenvalue weighted by Crippen LogP contribution is -2.11. The summed E-state index contributed by atoms with van der Waals surface area (Å²) in [5, 5.41) is 11.2. The van der Waals surface area contributed by atoms with Gasteiger partial charge in [-0.05, 0) is 24.3 Å². The minimum atomic E-state index is -0.254. The molecule has 0 radical (unpaired) electrons. The first-order valence-electron chi connectivity index (χ1n) is 7.67. The van der Waals surface area contributed by atoms with Crippen LogP contribution in [0.1, 0.15) is 5.56 Å². The summed E-state index contributed by atoms with van der Waals surface area (Å²) in [6, 6.07) is 13.2. The lowest BCUT2D eigenvalue weighted by molar-refractivity contribution is -0.111. The van der Waals surface area contributed by atoms with Crippen LogP contribution in [0.3, 0.4) is 0 Å². The van der Waals surface area contributed by atoms with E-state index in [0.29, 0.717) is 11.5 Å². The fourth-order valence-corrected chi connectivity index (χ4v) is 2.41. The number of carbonyl (C=O) groups is 1. The Hall–Kier alpha value is -3.74. The zero-order valence-electron chi connectivity index (χ0n) is 13.1. The van der Waals surface area contributed by atoms with Crippen molar-refractivity contribution in [3.8, 4) is 5.69 Å². The third-order valence-electron chi connectivity index (χ3n) is 3.59. The number of nitrogens with one attached hydrogen (secondary N) is 1. The van der Waals surface area contributed by atoms with E-state index in [1.165, 1.54) is 6.08 Å². The van der Waals surface area contributed by atoms with Crippen molar-refractivity contribution in [2.75, 3.05) is 5.32 Å². The van der Waals surface area contributed by atoms with Gasteiger partial charge in [0.25, 0.3) is 0 Å². The predicted octanol–water partition coefficient (Wildman–Crippen LogP) is 2.57. The van der Waals surface area contributed by atoms with Crippen LogP contribution in [0.2, 0.25) is 0 Å². The summed E-state index contributed by atoms with van der Waals surface area (Å²) in [6.45, 7) is 0. The number of amides is 1. The van der Waals surface area contributed by atoms with Crippen LogP contribution in [0.4, 0.5) is 5.82 Å². The molecular weight excluding hydrogens is 316 g/mol. The normalized spacial score (nSPS) is 11.2. The molecule has 3 heterocycles. The molecule has 0 aliphatic heterocycles. The molecule has 0 atom stereocenters. The SMILES string of the molecule is O=C(/C=C/c1cnn(-c2ccccc2)c1)Nc1ccnc2ccnn12. The van der Waals surface area contributed by atoms with Crippen molar-refractivity contribution in [3.05, 3.63) is 78.9 Å². The van der Waals surface area contributed by atoms with Gasteiger partial charge in [-0.1, -0.05) is 18.2 Å². The highest BCUT2D eigenvalue weighted by Gasteiger charge is 2.04. The predicted molar refractivity (Wildman–Crippen MR) is 94.2 cm³/mol. The minimum absolute atomic E-state index is 0.254. The molecule has 0 aliphatic rings. The first-order chi connectivity index (χ1) is 12.3. The van der Waals surface area contributed by atoms with Crippen LogP contribution in [-0.4, -0.2) is 30.3 Å². The van der Waals surface area contributed by atoms with Crippen LogP contribution in [0.5, 0.6) is 0 Å². The highest BCUT2D eigenvalue weighted by atomic mass is 16.1. The maximum Gasteiger partial charge on any atom is 0.249 e. The maximum atomic E-state index is 12.1. The van der Waals surface area contributed by atoms with Gasteiger partial charge in [0.15, 0.2) is 5.65 Å². The number of nitrogens with zero attached hydrogens (tertiary/aromatic N) is 5. The van der Waals surface area contributed by atoms with Crippen LogP contribution < -0.4 is 5.32 Å². The Morgan fingerprint density at radius 1 is 1.04 bits per heavy atom. The standard InChI is InChI=1S/C18H14N6O/c25-18(22-17-8-10-19-16-9-11-20-24(16)17)7-6-14-12-21-23(13-14)15-4-2-1-3-5-15/h1-13H,(H,22,25)/b7-6+. The van der Waals surface area contributed by atoms with E-state index in [9.17, 15) is 4.79 Å². The zero-order chi connectivity index (χ0) is 17.1. The van der Waals surface area contributed by atoms with Crippen molar-refractivity contribution < 1.29 is 4.79 Å². The van der Waals surface area contributed by atoms with E-state index in [2.05, 4.69) is 20.5 Å². The van der Waals surface area contributed by atoms with Gasteiger partial charge in [0.2, 0.25) is 5.91 Å². The van der Waals surface area contributed by atoms with E-state index in [1.807, 2.05) is 36.5 Å². The molecule has 122 valence electrons. The van der Waals surface area contributed by atoms with Crippen LogP contribution in [0, 0.1) is 0 Å². The third-order valence-corrected chi connectivity index (χ3v) is 3.59. The van der Waals surface area contributed by atoms with Gasteiger partial charge in [-0.25, -0.2) is 9.67 Å². The molecule has 0 saturated carbocycles. The van der Waals surface area contributed by atoms with Crippen LogP contribution in [0.15, 0.2) is 73.3 Å². The van der Waals surface area contributed by atoms with E-state index in [0.717, 1.165) is 11.3 Å². The quantitative estimate of drug-likeness (QED) is 0.583. The van der Waals surface area contributed by atoms with Crippen molar-refractivity contribution in [1.29, 1.82) is 0 Å². The minimum Gasteiger partial charge on any atom is -0.307 e. The van der Waals surface area contributed by atoms with Gasteiger partial charge in [-0.15, -0.1) is 0 Å². The van der Waals surface area contributed by atoms with Crippen molar-refractivity contribution in [2.24, 2.45) is 0 Å². The molecule has 7 nitrogen and oxygen atoms in total. The van der Waals surface area contributed by atoms with Crippen LogP contribution >= 0.6 is 0 Å². The fourth-order valence-electron chi connectivity index (χ4n) is 2.41. The van der Waals surface area contributed by atoms with E-state index in [1.54, 1.807) is 46.0 Å². The summed E-state index contributed by atoms with van der Waals surface area (Å²) in [7, 11) is 0. The number of fused-ring (bicyclic) bond motifs is 1. The summed E-state index contributed by atoms with van der Waals surface area (Å²) < 4.78 is 3.33. The topological polar surface area (TPSA) is 77.1 Å². The second kappa shape index (κ2) is 6.40. The van der Waals surface area contributed by atoms with E-state index in [4.69, 9.17) is 0 Å². The summed E-state index contributed by atoms with van der Waals surface area (Å²) in [6.07, 6.45) is 9.99. The largest absolute Gasteiger partial charge is 0.307 e. The average Bonchev–Trinajstić information content (AvgIpc) is 3.31. The third kappa shape index (κ3) is 3.16. The molecule has 0 aliphatic carbocycles. The van der Waals surface area contributed by atoms with Gasteiger partial charge in [0.1, 0.15) is 5.82 Å². The van der Waals surface area contributed by atoms with Crippen molar-refractivity contribution >= 4 is 23.4 Å². The average molecular weight is 330 g/mol. The van der Waals surface area contributed by atoms with E-state index < -0.39 is 0 Å². The van der Waals surface area contributed by atoms with Gasteiger partial charge in [-0.2, -0.15) is 14.7 Å². The molecule has 0 bridgehead atoms. The number of rotatable bonds is 4. The zero-order valence-corrected chi connectivity index (χ0v) is 13.1. The second-order valence-electron chi connectivity index (χ2n) is 5.31. The molecule has 25 heavy (non-hydrogen) atoms. The number of benzene rings is 1. The Labute approximate surface area is 143 Å². The molecule has 3 aromatic heterocycles. The number of aromatic nitrogens is 5. The Bertz CT molecular complexity index is 1050. The fraction of sp³-hybridized carbons (Fsp3) is 0. The molecule has 1 aromatic carbocycles. The molecule has 7 heteroatoms. The lowest BCUT2D eigenvalue weighted by atomic mass is 10.3. The molecule has 0 unspecified atom stereocenters. The highest BCUT2D eigenvalue weighted by molar-refractivity contribution is 6.01. The molecule has 0 spiro atoms. The van der Waals surface area contributed by atoms with Gasteiger partial charge in [-0.3, -0.25) is 4.79 Å². The monoisotopic (exact) mass is 330 g/mol. The van der Waals surface area contributed by atoms with Crippen LogP contribution in [0.25, 0.3) is 17.4 Å². The summed E-state index contributed by atoms with van der Waals surface area (Å²) in [4.78, 5) is 16.3. The van der Waals surface area contributed by atoms with Gasteiger partial charge < -0.3 is 5.32 Å². The van der Waals surface area contributed by atoms with Gasteiger partial charge in [0, 0.05) is 30.1 Å². The molecule has 1 N–H and O–H groups in total. The number of para-hydroxylation sites is 1.